The lowest BCUT2D eigenvalue weighted by Gasteiger charge is -2.16. The third-order valence-corrected chi connectivity index (χ3v) is 5.70. The van der Waals surface area contributed by atoms with Crippen LogP contribution in [0.5, 0.6) is 0 Å². The molecular formula is C29H15N5. The minimum Gasteiger partial charge on any atom is -0.253 e. The smallest absolute Gasteiger partial charge is 0.0999 e. The zero-order chi connectivity index (χ0) is 23.5. The summed E-state index contributed by atoms with van der Waals surface area (Å²) in [4.78, 5) is 8.79. The predicted molar refractivity (Wildman–Crippen MR) is 130 cm³/mol. The zero-order valence-electron chi connectivity index (χ0n) is 17.9. The Balaban J connectivity index is 1.77. The first-order valence-electron chi connectivity index (χ1n) is 10.5. The molecule has 0 saturated heterocycles. The maximum absolute atomic E-state index is 9.83. The van der Waals surface area contributed by atoms with Gasteiger partial charge in [0.1, 0.15) is 0 Å². The minimum atomic E-state index is 0.284. The van der Waals surface area contributed by atoms with Gasteiger partial charge in [0, 0.05) is 18.0 Å². The number of nitrogens with zero attached hydrogens (tertiary/aromatic N) is 5. The van der Waals surface area contributed by atoms with Crippen LogP contribution in [0, 0.1) is 34.0 Å². The van der Waals surface area contributed by atoms with E-state index in [1.165, 1.54) is 12.1 Å². The highest BCUT2D eigenvalue weighted by molar-refractivity contribution is 5.95. The average molecular weight is 433 g/mol. The van der Waals surface area contributed by atoms with Crippen LogP contribution >= 0.6 is 0 Å². The van der Waals surface area contributed by atoms with Gasteiger partial charge in [0.15, 0.2) is 0 Å². The second-order valence-electron chi connectivity index (χ2n) is 7.63. The van der Waals surface area contributed by atoms with Gasteiger partial charge in [0.25, 0.3) is 0 Å². The van der Waals surface area contributed by atoms with E-state index in [2.05, 4.69) is 22.1 Å². The van der Waals surface area contributed by atoms with Crippen molar-refractivity contribution in [1.82, 2.24) is 9.97 Å². The van der Waals surface area contributed by atoms with Crippen LogP contribution in [0.3, 0.4) is 0 Å². The lowest BCUT2D eigenvalue weighted by molar-refractivity contribution is 1.29. The minimum absolute atomic E-state index is 0.284. The van der Waals surface area contributed by atoms with E-state index in [4.69, 9.17) is 0 Å². The fourth-order valence-electron chi connectivity index (χ4n) is 4.21. The van der Waals surface area contributed by atoms with Crippen LogP contribution in [0.15, 0.2) is 91.3 Å². The Kier molecular flexibility index (Phi) is 5.25. The topological polar surface area (TPSA) is 97.2 Å². The van der Waals surface area contributed by atoms with E-state index in [0.717, 1.165) is 38.9 Å². The highest BCUT2D eigenvalue weighted by atomic mass is 14.8. The molecule has 0 radical (unpaired) electrons. The van der Waals surface area contributed by atoms with Crippen LogP contribution in [0.1, 0.15) is 16.7 Å². The third kappa shape index (κ3) is 3.53. The fourth-order valence-corrected chi connectivity index (χ4v) is 4.21. The molecule has 156 valence electrons. The molecule has 1 heterocycles. The summed E-state index contributed by atoms with van der Waals surface area (Å²) in [5.41, 5.74) is 7.59. The summed E-state index contributed by atoms with van der Waals surface area (Å²) in [5, 5.41) is 29.0. The Morgan fingerprint density at radius 1 is 0.529 bits per heavy atom. The van der Waals surface area contributed by atoms with Gasteiger partial charge < -0.3 is 0 Å². The highest BCUT2D eigenvalue weighted by Gasteiger charge is 2.18. The lowest BCUT2D eigenvalue weighted by Crippen LogP contribution is -1.95. The zero-order valence-corrected chi connectivity index (χ0v) is 17.9. The molecule has 0 atom stereocenters. The number of nitriles is 3. The van der Waals surface area contributed by atoms with Gasteiger partial charge in [-0.1, -0.05) is 54.6 Å². The van der Waals surface area contributed by atoms with Gasteiger partial charge >= 0.3 is 0 Å². The molecule has 0 aliphatic rings. The van der Waals surface area contributed by atoms with Crippen LogP contribution in [0.4, 0.5) is 0 Å². The van der Waals surface area contributed by atoms with Crippen LogP contribution in [0.25, 0.3) is 44.4 Å². The van der Waals surface area contributed by atoms with Gasteiger partial charge in [-0.2, -0.15) is 15.8 Å². The van der Waals surface area contributed by atoms with Crippen molar-refractivity contribution >= 4 is 11.0 Å². The van der Waals surface area contributed by atoms with Crippen LogP contribution < -0.4 is 0 Å². The molecule has 0 saturated carbocycles. The van der Waals surface area contributed by atoms with E-state index < -0.39 is 0 Å². The second-order valence-corrected chi connectivity index (χ2v) is 7.63. The number of fused-ring (bicyclic) bond motifs is 1. The van der Waals surface area contributed by atoms with Gasteiger partial charge in [-0.3, -0.25) is 9.97 Å². The van der Waals surface area contributed by atoms with Gasteiger partial charge in [-0.15, -0.1) is 0 Å². The van der Waals surface area contributed by atoms with Crippen LogP contribution in [-0.4, -0.2) is 9.97 Å². The maximum Gasteiger partial charge on any atom is 0.0999 e. The van der Waals surface area contributed by atoms with E-state index >= 15 is 0 Å². The fraction of sp³-hybridized carbons (Fsp3) is 0. The molecule has 5 aromatic rings. The largest absolute Gasteiger partial charge is 0.253 e. The Hall–Kier alpha value is -5.31. The summed E-state index contributed by atoms with van der Waals surface area (Å²) < 4.78 is 0. The SMILES string of the molecule is N#Cc1cc(C#N)c(-c2ccccc2-c2ccccc2-c2ccc3nccnc3c2)c(C#N)c1. The first-order chi connectivity index (χ1) is 16.7. The summed E-state index contributed by atoms with van der Waals surface area (Å²) in [7, 11) is 0. The second kappa shape index (κ2) is 8.67. The van der Waals surface area contributed by atoms with Crippen molar-refractivity contribution in [1.29, 1.82) is 15.8 Å². The highest BCUT2D eigenvalue weighted by Crippen LogP contribution is 2.40. The summed E-state index contributed by atoms with van der Waals surface area (Å²) in [6.45, 7) is 0. The number of hydrogen-bond donors (Lipinski definition) is 0. The van der Waals surface area contributed by atoms with Crippen molar-refractivity contribution in [3.63, 3.8) is 0 Å². The number of benzene rings is 4. The molecule has 5 nitrogen and oxygen atoms in total. The van der Waals surface area contributed by atoms with Crippen molar-refractivity contribution in [3.8, 4) is 51.6 Å². The Bertz CT molecular complexity index is 1660. The van der Waals surface area contributed by atoms with Crippen molar-refractivity contribution in [2.45, 2.75) is 0 Å². The lowest BCUT2D eigenvalue weighted by atomic mass is 9.86. The molecule has 1 aromatic heterocycles. The summed E-state index contributed by atoms with van der Waals surface area (Å²) in [6.07, 6.45) is 3.34. The molecule has 34 heavy (non-hydrogen) atoms. The van der Waals surface area contributed by atoms with E-state index in [1.807, 2.05) is 72.8 Å². The molecular weight excluding hydrogens is 418 g/mol. The van der Waals surface area contributed by atoms with E-state index in [0.29, 0.717) is 16.7 Å². The Labute approximate surface area is 196 Å². The molecule has 0 fully saturated rings. The molecule has 0 aliphatic carbocycles. The Morgan fingerprint density at radius 2 is 1.09 bits per heavy atom. The summed E-state index contributed by atoms with van der Waals surface area (Å²) >= 11 is 0. The van der Waals surface area contributed by atoms with E-state index in [1.54, 1.807) is 12.4 Å². The van der Waals surface area contributed by atoms with Gasteiger partial charge in [-0.05, 0) is 52.1 Å². The molecule has 0 unspecified atom stereocenters. The molecule has 0 N–H and O–H groups in total. The normalized spacial score (nSPS) is 10.3. The standard InChI is InChI=1S/C29H15N5/c30-16-19-13-21(17-31)29(22(14-19)18-32)26-8-4-3-7-25(26)24-6-2-1-5-23(24)20-9-10-27-28(15-20)34-12-11-33-27/h1-15H. The first-order valence-corrected chi connectivity index (χ1v) is 10.5. The van der Waals surface area contributed by atoms with Crippen LogP contribution in [0.2, 0.25) is 0 Å². The quantitative estimate of drug-likeness (QED) is 0.335. The number of rotatable bonds is 3. The molecule has 0 bridgehead atoms. The molecule has 0 spiro atoms. The van der Waals surface area contributed by atoms with E-state index in [-0.39, 0.29) is 5.56 Å². The molecule has 4 aromatic carbocycles. The maximum atomic E-state index is 9.83. The number of hydrogen-bond acceptors (Lipinski definition) is 5. The molecule has 5 rings (SSSR count). The van der Waals surface area contributed by atoms with Crippen molar-refractivity contribution < 1.29 is 0 Å². The molecule has 0 aliphatic heterocycles. The predicted octanol–water partition coefficient (Wildman–Crippen LogP) is 6.25. The van der Waals surface area contributed by atoms with Crippen LogP contribution in [-0.2, 0) is 0 Å². The van der Waals surface area contributed by atoms with Gasteiger partial charge in [0.2, 0.25) is 0 Å². The molecule has 0 amide bonds. The molecule has 5 heteroatoms. The average Bonchev–Trinajstić information content (AvgIpc) is 2.92. The summed E-state index contributed by atoms with van der Waals surface area (Å²) in [6, 6.07) is 31.1. The monoisotopic (exact) mass is 433 g/mol. The number of aromatic nitrogens is 2. The summed E-state index contributed by atoms with van der Waals surface area (Å²) in [5.74, 6) is 0. The van der Waals surface area contributed by atoms with E-state index in [9.17, 15) is 15.8 Å². The Morgan fingerprint density at radius 3 is 1.71 bits per heavy atom. The van der Waals surface area contributed by atoms with Gasteiger partial charge in [-0.25, -0.2) is 0 Å². The third-order valence-electron chi connectivity index (χ3n) is 5.70. The van der Waals surface area contributed by atoms with Crippen molar-refractivity contribution in [3.05, 3.63) is 108 Å². The van der Waals surface area contributed by atoms with Gasteiger partial charge in [0.05, 0.1) is 45.9 Å². The van der Waals surface area contributed by atoms with Crippen molar-refractivity contribution in [2.75, 3.05) is 0 Å². The first kappa shape index (κ1) is 20.6. The van der Waals surface area contributed by atoms with Crippen molar-refractivity contribution in [2.24, 2.45) is 0 Å².